The lowest BCUT2D eigenvalue weighted by atomic mass is 10.0. The predicted molar refractivity (Wildman–Crippen MR) is 133 cm³/mol. The summed E-state index contributed by atoms with van der Waals surface area (Å²) in [7, 11) is 3.03. The maximum atomic E-state index is 11.8. The summed E-state index contributed by atoms with van der Waals surface area (Å²) >= 11 is 0. The molecule has 2 aromatic rings. The molecule has 10 heteroatoms. The number of anilines is 2. The number of phenols is 1. The number of amides is 2. The zero-order valence-corrected chi connectivity index (χ0v) is 20.5. The van der Waals surface area contributed by atoms with E-state index < -0.39 is 0 Å². The van der Waals surface area contributed by atoms with Crippen LogP contribution in [-0.4, -0.2) is 50.8 Å². The number of aromatic hydroxyl groups is 1. The van der Waals surface area contributed by atoms with Gasteiger partial charge in [-0.05, 0) is 56.1 Å². The number of carbonyl (C=O) groups excluding carboxylic acids is 2. The SMILES string of the molecule is COc1ccc(CCNCCCOc2ccc(NC(C)=O)c3c2CCC(=O)N3)c(O)c1OC.Cl. The zero-order chi connectivity index (χ0) is 23.8. The highest BCUT2D eigenvalue weighted by Crippen LogP contribution is 2.39. The van der Waals surface area contributed by atoms with E-state index in [1.54, 1.807) is 12.1 Å². The van der Waals surface area contributed by atoms with Gasteiger partial charge in [0.1, 0.15) is 5.75 Å². The maximum absolute atomic E-state index is 11.8. The van der Waals surface area contributed by atoms with E-state index in [1.807, 2.05) is 12.1 Å². The van der Waals surface area contributed by atoms with Gasteiger partial charge in [-0.3, -0.25) is 9.59 Å². The first-order valence-electron chi connectivity index (χ1n) is 10.9. The van der Waals surface area contributed by atoms with E-state index in [9.17, 15) is 14.7 Å². The smallest absolute Gasteiger partial charge is 0.224 e. The lowest BCUT2D eigenvalue weighted by molar-refractivity contribution is -0.116. The minimum atomic E-state index is -0.196. The average Bonchev–Trinajstić information content (AvgIpc) is 2.79. The van der Waals surface area contributed by atoms with Crippen LogP contribution < -0.4 is 30.2 Å². The van der Waals surface area contributed by atoms with Crippen LogP contribution in [0, 0.1) is 0 Å². The van der Waals surface area contributed by atoms with Crippen LogP contribution in [0.2, 0.25) is 0 Å². The molecule has 0 unspecified atom stereocenters. The number of phenolic OH excluding ortho intramolecular Hbond substituents is 1. The third-order valence-electron chi connectivity index (χ3n) is 5.38. The minimum absolute atomic E-state index is 0. The fraction of sp³-hybridized carbons (Fsp3) is 0.417. The first-order chi connectivity index (χ1) is 15.9. The molecule has 34 heavy (non-hydrogen) atoms. The highest BCUT2D eigenvalue weighted by Gasteiger charge is 2.22. The Balaban J connectivity index is 0.00000408. The Morgan fingerprint density at radius 1 is 1.09 bits per heavy atom. The van der Waals surface area contributed by atoms with E-state index in [0.717, 1.165) is 24.1 Å². The van der Waals surface area contributed by atoms with Crippen molar-refractivity contribution in [1.82, 2.24) is 5.32 Å². The predicted octanol–water partition coefficient (Wildman–Crippen LogP) is 3.28. The molecule has 1 heterocycles. The number of fused-ring (bicyclic) bond motifs is 1. The Morgan fingerprint density at radius 3 is 2.56 bits per heavy atom. The standard InChI is InChI=1S/C24H31N3O6.ClH/c1-15(28)26-18-7-9-19(17-6-10-21(29)27-22(17)18)33-14-4-12-25-13-11-16-5-8-20(31-2)24(32-3)23(16)30;/h5,7-9,25,30H,4,6,10-14H2,1-3H3,(H,26,28)(H,27,29);1H. The third-order valence-corrected chi connectivity index (χ3v) is 5.38. The summed E-state index contributed by atoms with van der Waals surface area (Å²) in [6.07, 6.45) is 2.38. The number of halogens is 1. The van der Waals surface area contributed by atoms with Gasteiger partial charge >= 0.3 is 0 Å². The van der Waals surface area contributed by atoms with E-state index in [4.69, 9.17) is 14.2 Å². The normalized spacial score (nSPS) is 12.1. The van der Waals surface area contributed by atoms with Crippen molar-refractivity contribution in [3.63, 3.8) is 0 Å². The van der Waals surface area contributed by atoms with Gasteiger partial charge in [0.25, 0.3) is 0 Å². The Hall–Kier alpha value is -3.17. The average molecular weight is 494 g/mol. The number of benzene rings is 2. The molecular weight excluding hydrogens is 462 g/mol. The molecule has 1 aliphatic heterocycles. The van der Waals surface area contributed by atoms with Crippen LogP contribution in [0.25, 0.3) is 0 Å². The summed E-state index contributed by atoms with van der Waals surface area (Å²) < 4.78 is 16.4. The maximum Gasteiger partial charge on any atom is 0.224 e. The Labute approximate surface area is 205 Å². The molecule has 2 amide bonds. The summed E-state index contributed by atoms with van der Waals surface area (Å²) in [4.78, 5) is 23.3. The molecule has 0 atom stereocenters. The molecule has 0 saturated heterocycles. The van der Waals surface area contributed by atoms with Crippen LogP contribution >= 0.6 is 12.4 Å². The van der Waals surface area contributed by atoms with E-state index in [2.05, 4.69) is 16.0 Å². The molecule has 9 nitrogen and oxygen atoms in total. The van der Waals surface area contributed by atoms with Gasteiger partial charge in [0.15, 0.2) is 11.5 Å². The summed E-state index contributed by atoms with van der Waals surface area (Å²) in [5.41, 5.74) is 2.88. The van der Waals surface area contributed by atoms with E-state index in [0.29, 0.717) is 61.0 Å². The molecule has 1 aliphatic rings. The van der Waals surface area contributed by atoms with Crippen LogP contribution in [0.5, 0.6) is 23.0 Å². The first kappa shape index (κ1) is 27.1. The van der Waals surface area contributed by atoms with Gasteiger partial charge < -0.3 is 35.3 Å². The number of hydrogen-bond acceptors (Lipinski definition) is 7. The number of rotatable bonds is 11. The zero-order valence-electron chi connectivity index (χ0n) is 19.7. The molecule has 2 aromatic carbocycles. The largest absolute Gasteiger partial charge is 0.504 e. The third kappa shape index (κ3) is 6.68. The van der Waals surface area contributed by atoms with Gasteiger partial charge in [-0.1, -0.05) is 6.07 Å². The van der Waals surface area contributed by atoms with Gasteiger partial charge in [-0.2, -0.15) is 0 Å². The number of hydrogen-bond donors (Lipinski definition) is 4. The quantitative estimate of drug-likeness (QED) is 0.355. The molecule has 0 saturated carbocycles. The number of nitrogens with one attached hydrogen (secondary N) is 3. The van der Waals surface area contributed by atoms with Gasteiger partial charge in [0, 0.05) is 18.9 Å². The molecule has 0 bridgehead atoms. The van der Waals surface area contributed by atoms with Gasteiger partial charge in [0.05, 0.1) is 32.2 Å². The van der Waals surface area contributed by atoms with Gasteiger partial charge in [-0.15, -0.1) is 12.4 Å². The minimum Gasteiger partial charge on any atom is -0.504 e. The van der Waals surface area contributed by atoms with E-state index in [-0.39, 0.29) is 30.0 Å². The summed E-state index contributed by atoms with van der Waals surface area (Å²) in [5, 5.41) is 19.3. The topological polar surface area (TPSA) is 118 Å². The number of ether oxygens (including phenoxy) is 3. The Bertz CT molecular complexity index is 1010. The van der Waals surface area contributed by atoms with Crippen LogP contribution in [-0.2, 0) is 22.4 Å². The van der Waals surface area contributed by atoms with E-state index >= 15 is 0 Å². The second-order valence-corrected chi connectivity index (χ2v) is 7.70. The van der Waals surface area contributed by atoms with Crippen LogP contribution in [0.4, 0.5) is 11.4 Å². The van der Waals surface area contributed by atoms with Crippen LogP contribution in [0.3, 0.4) is 0 Å². The molecule has 0 fully saturated rings. The fourth-order valence-corrected chi connectivity index (χ4v) is 3.77. The Morgan fingerprint density at radius 2 is 1.85 bits per heavy atom. The lowest BCUT2D eigenvalue weighted by Crippen LogP contribution is -2.23. The molecular formula is C24H32ClN3O6. The second kappa shape index (κ2) is 12.9. The highest BCUT2D eigenvalue weighted by molar-refractivity contribution is 6.02. The van der Waals surface area contributed by atoms with Crippen LogP contribution in [0.1, 0.15) is 30.9 Å². The first-order valence-corrected chi connectivity index (χ1v) is 10.9. The number of carbonyl (C=O) groups is 2. The summed E-state index contributed by atoms with van der Waals surface area (Å²) in [6, 6.07) is 7.18. The van der Waals surface area contributed by atoms with E-state index in [1.165, 1.54) is 21.1 Å². The van der Waals surface area contributed by atoms with Crippen molar-refractivity contribution in [2.75, 3.05) is 44.5 Å². The van der Waals surface area contributed by atoms with Gasteiger partial charge in [0.2, 0.25) is 17.6 Å². The summed E-state index contributed by atoms with van der Waals surface area (Å²) in [5.74, 6) is 1.38. The van der Waals surface area contributed by atoms with Crippen molar-refractivity contribution in [1.29, 1.82) is 0 Å². The molecule has 4 N–H and O–H groups in total. The number of methoxy groups -OCH3 is 2. The van der Waals surface area contributed by atoms with Crippen LogP contribution in [0.15, 0.2) is 24.3 Å². The Kier molecular flexibility index (Phi) is 10.3. The van der Waals surface area contributed by atoms with Crippen molar-refractivity contribution >= 4 is 35.6 Å². The van der Waals surface area contributed by atoms with Crippen molar-refractivity contribution in [3.8, 4) is 23.0 Å². The molecule has 0 aromatic heterocycles. The monoisotopic (exact) mass is 493 g/mol. The highest BCUT2D eigenvalue weighted by atomic mass is 35.5. The van der Waals surface area contributed by atoms with Crippen molar-refractivity contribution in [2.24, 2.45) is 0 Å². The fourth-order valence-electron chi connectivity index (χ4n) is 3.77. The van der Waals surface area contributed by atoms with Gasteiger partial charge in [-0.25, -0.2) is 0 Å². The van der Waals surface area contributed by atoms with Crippen molar-refractivity contribution < 1.29 is 28.9 Å². The molecule has 0 spiro atoms. The molecule has 0 aliphatic carbocycles. The molecule has 3 rings (SSSR count). The van der Waals surface area contributed by atoms with Crippen molar-refractivity contribution in [2.45, 2.75) is 32.6 Å². The molecule has 0 radical (unpaired) electrons. The lowest BCUT2D eigenvalue weighted by Gasteiger charge is -2.23. The summed E-state index contributed by atoms with van der Waals surface area (Å²) in [6.45, 7) is 3.38. The molecule has 186 valence electrons. The van der Waals surface area contributed by atoms with Crippen molar-refractivity contribution in [3.05, 3.63) is 35.4 Å². The second-order valence-electron chi connectivity index (χ2n) is 7.70.